The van der Waals surface area contributed by atoms with E-state index in [4.69, 9.17) is 5.73 Å². The summed E-state index contributed by atoms with van der Waals surface area (Å²) in [5.41, 5.74) is 5.20. The summed E-state index contributed by atoms with van der Waals surface area (Å²) >= 11 is 0. The second-order valence-electron chi connectivity index (χ2n) is 1.88. The van der Waals surface area contributed by atoms with Crippen LogP contribution in [0, 0.1) is 0 Å². The van der Waals surface area contributed by atoms with Crippen LogP contribution < -0.4 is 99.7 Å². The van der Waals surface area contributed by atoms with Crippen molar-refractivity contribution in [3.8, 4) is 0 Å². The van der Waals surface area contributed by atoms with Crippen molar-refractivity contribution in [2.45, 2.75) is 6.92 Å². The van der Waals surface area contributed by atoms with E-state index in [1.165, 1.54) is 6.92 Å². The summed E-state index contributed by atoms with van der Waals surface area (Å²) in [5, 5.41) is 2.99. The van der Waals surface area contributed by atoms with E-state index in [-0.39, 0.29) is 98.9 Å². The average molecular weight is 218 g/mol. The molecule has 0 bridgehead atoms. The first-order valence-electron chi connectivity index (χ1n) is 3.31. The minimum atomic E-state index is -0.241. The average Bonchev–Trinajstić information content (AvgIpc) is 1.87. The summed E-state index contributed by atoms with van der Waals surface area (Å²) in [6.07, 6.45) is 0. The molecule has 0 amide bonds. The standard InChI is InChI=1S/C6H14N2O2.3Na.3H/c1-6(9)10-5-4-8-3-2-7;;;;;;/h8H,2-5,7H2,1H3;;;;;;/q;3*+1;3*-1. The Labute approximate surface area is 150 Å². The Kier molecular flexibility index (Phi) is 37.6. The van der Waals surface area contributed by atoms with E-state index in [9.17, 15) is 4.79 Å². The predicted octanol–water partition coefficient (Wildman–Crippen LogP) is -9.55. The minimum Gasteiger partial charge on any atom is -1.00 e. The van der Waals surface area contributed by atoms with Gasteiger partial charge in [-0.1, -0.05) is 0 Å². The zero-order chi connectivity index (χ0) is 7.82. The minimum absolute atomic E-state index is 0. The molecule has 3 N–H and O–H groups in total. The molecule has 0 aliphatic heterocycles. The molecule has 0 aromatic rings. The van der Waals surface area contributed by atoms with Crippen LogP contribution in [0.2, 0.25) is 0 Å². The molecule has 0 fully saturated rings. The van der Waals surface area contributed by atoms with Crippen LogP contribution in [0.1, 0.15) is 11.2 Å². The monoisotopic (exact) mass is 218 g/mol. The Morgan fingerprint density at radius 3 is 2.31 bits per heavy atom. The SMILES string of the molecule is CC(=O)OCCNCCN.[H-].[H-].[H-].[Na+].[Na+].[Na+]. The first-order chi connectivity index (χ1) is 4.77. The van der Waals surface area contributed by atoms with Crippen molar-refractivity contribution in [1.82, 2.24) is 5.32 Å². The number of nitrogens with two attached hydrogens (primary N) is 1. The molecule has 0 saturated carbocycles. The molecule has 7 heteroatoms. The van der Waals surface area contributed by atoms with Crippen molar-refractivity contribution >= 4 is 5.97 Å². The third kappa shape index (κ3) is 25.1. The van der Waals surface area contributed by atoms with Crippen molar-refractivity contribution < 1.29 is 102 Å². The van der Waals surface area contributed by atoms with Gasteiger partial charge in [0, 0.05) is 26.6 Å². The van der Waals surface area contributed by atoms with Gasteiger partial charge in [-0.3, -0.25) is 4.79 Å². The summed E-state index contributed by atoms with van der Waals surface area (Å²) in [4.78, 5) is 10.2. The first kappa shape index (κ1) is 24.6. The van der Waals surface area contributed by atoms with Gasteiger partial charge in [-0.15, -0.1) is 0 Å². The van der Waals surface area contributed by atoms with Crippen molar-refractivity contribution in [3.05, 3.63) is 0 Å². The number of esters is 1. The van der Waals surface area contributed by atoms with E-state index in [0.717, 1.165) is 6.54 Å². The molecular formula is C6H17N2Na3O2. The number of nitrogens with one attached hydrogen (secondary N) is 1. The smallest absolute Gasteiger partial charge is 1.00 e. The molecule has 0 atom stereocenters. The van der Waals surface area contributed by atoms with Crippen LogP contribution >= 0.6 is 0 Å². The Bertz CT molecular complexity index is 117. The summed E-state index contributed by atoms with van der Waals surface area (Å²) in [6, 6.07) is 0. The van der Waals surface area contributed by atoms with Gasteiger partial charge in [-0.25, -0.2) is 0 Å². The quantitative estimate of drug-likeness (QED) is 0.273. The molecule has 0 radical (unpaired) electrons. The van der Waals surface area contributed by atoms with Crippen LogP contribution in [0.4, 0.5) is 0 Å². The van der Waals surface area contributed by atoms with Gasteiger partial charge in [0.1, 0.15) is 6.61 Å². The molecule has 0 aliphatic rings. The fourth-order valence-electron chi connectivity index (χ4n) is 0.494. The van der Waals surface area contributed by atoms with Crippen molar-refractivity contribution in [3.63, 3.8) is 0 Å². The molecule has 0 aliphatic carbocycles. The van der Waals surface area contributed by atoms with Gasteiger partial charge in [-0.05, 0) is 0 Å². The van der Waals surface area contributed by atoms with E-state index in [2.05, 4.69) is 10.1 Å². The number of rotatable bonds is 5. The normalized spacial score (nSPS) is 7.23. The Hall–Kier alpha value is 2.39. The van der Waals surface area contributed by atoms with E-state index in [1.54, 1.807) is 0 Å². The molecule has 0 aromatic heterocycles. The van der Waals surface area contributed by atoms with Crippen LogP contribution in [0.5, 0.6) is 0 Å². The number of ether oxygens (including phenoxy) is 1. The molecule has 0 rings (SSSR count). The van der Waals surface area contributed by atoms with Crippen molar-refractivity contribution in [2.24, 2.45) is 5.73 Å². The fourth-order valence-corrected chi connectivity index (χ4v) is 0.494. The van der Waals surface area contributed by atoms with E-state index >= 15 is 0 Å². The van der Waals surface area contributed by atoms with Gasteiger partial charge in [0.2, 0.25) is 0 Å². The Morgan fingerprint density at radius 1 is 1.38 bits per heavy atom. The van der Waals surface area contributed by atoms with E-state index < -0.39 is 0 Å². The van der Waals surface area contributed by atoms with Crippen LogP contribution in [0.15, 0.2) is 0 Å². The van der Waals surface area contributed by atoms with Gasteiger partial charge < -0.3 is 20.1 Å². The maximum atomic E-state index is 10.2. The third-order valence-electron chi connectivity index (χ3n) is 0.905. The summed E-state index contributed by atoms with van der Waals surface area (Å²) in [7, 11) is 0. The number of carbonyl (C=O) groups excluding carboxylic acids is 1. The van der Waals surface area contributed by atoms with Crippen LogP contribution in [-0.2, 0) is 9.53 Å². The number of hydrogen-bond donors (Lipinski definition) is 2. The van der Waals surface area contributed by atoms with Crippen LogP contribution in [0.25, 0.3) is 0 Å². The summed E-state index contributed by atoms with van der Waals surface area (Å²) < 4.78 is 4.65. The molecule has 66 valence electrons. The maximum Gasteiger partial charge on any atom is 1.00 e. The summed E-state index contributed by atoms with van der Waals surface area (Å²) in [6.45, 7) is 3.87. The van der Waals surface area contributed by atoms with Crippen LogP contribution in [0.3, 0.4) is 0 Å². The van der Waals surface area contributed by atoms with Crippen LogP contribution in [-0.4, -0.2) is 32.2 Å². The van der Waals surface area contributed by atoms with Gasteiger partial charge in [0.25, 0.3) is 0 Å². The van der Waals surface area contributed by atoms with Crippen molar-refractivity contribution in [2.75, 3.05) is 26.2 Å². The molecule has 0 heterocycles. The largest absolute Gasteiger partial charge is 1.00 e. The Morgan fingerprint density at radius 2 is 1.92 bits per heavy atom. The topological polar surface area (TPSA) is 64.3 Å². The zero-order valence-corrected chi connectivity index (χ0v) is 15.2. The number of carbonyl (C=O) groups is 1. The second kappa shape index (κ2) is 19.9. The van der Waals surface area contributed by atoms with Gasteiger partial charge in [0.05, 0.1) is 0 Å². The summed E-state index contributed by atoms with van der Waals surface area (Å²) in [5.74, 6) is -0.241. The van der Waals surface area contributed by atoms with E-state index in [1.807, 2.05) is 0 Å². The molecule has 0 aromatic carbocycles. The molecular weight excluding hydrogens is 201 g/mol. The molecule has 0 unspecified atom stereocenters. The second-order valence-corrected chi connectivity index (χ2v) is 1.88. The molecule has 13 heavy (non-hydrogen) atoms. The van der Waals surface area contributed by atoms with Gasteiger partial charge in [0.15, 0.2) is 0 Å². The zero-order valence-electron chi connectivity index (χ0n) is 12.2. The maximum absolute atomic E-state index is 10.2. The molecule has 0 saturated heterocycles. The van der Waals surface area contributed by atoms with Gasteiger partial charge >= 0.3 is 94.6 Å². The fraction of sp³-hybridized carbons (Fsp3) is 0.833. The first-order valence-corrected chi connectivity index (χ1v) is 3.31. The van der Waals surface area contributed by atoms with Gasteiger partial charge in [-0.2, -0.15) is 0 Å². The van der Waals surface area contributed by atoms with Crippen molar-refractivity contribution in [1.29, 1.82) is 0 Å². The predicted molar refractivity (Wildman–Crippen MR) is 41.9 cm³/mol. The third-order valence-corrected chi connectivity index (χ3v) is 0.905. The molecule has 4 nitrogen and oxygen atoms in total. The number of hydrogen-bond acceptors (Lipinski definition) is 4. The molecule has 0 spiro atoms. The van der Waals surface area contributed by atoms with E-state index in [0.29, 0.717) is 19.7 Å². The Balaban J connectivity index is -0.0000000270.